The van der Waals surface area contributed by atoms with Crippen LogP contribution in [0.4, 0.5) is 5.69 Å². The van der Waals surface area contributed by atoms with E-state index in [1.165, 1.54) is 6.21 Å². The van der Waals surface area contributed by atoms with Crippen molar-refractivity contribution in [3.63, 3.8) is 0 Å². The SMILES string of the molecule is CCOc1cc(/C=N/NC(=O)CNc2ccc(I)cc2)cc(I)c1O. The molecule has 0 aliphatic rings. The number of phenols is 1. The van der Waals surface area contributed by atoms with Gasteiger partial charge in [0, 0.05) is 9.26 Å². The first-order valence-corrected chi connectivity index (χ1v) is 9.62. The number of hydrogen-bond donors (Lipinski definition) is 3. The summed E-state index contributed by atoms with van der Waals surface area (Å²) in [5, 5.41) is 16.9. The highest BCUT2D eigenvalue weighted by Crippen LogP contribution is 2.32. The standard InChI is InChI=1S/C17H17I2N3O3/c1-2-25-15-8-11(7-14(19)17(15)24)9-21-22-16(23)10-20-13-5-3-12(18)4-6-13/h3-9,20,24H,2,10H2,1H3,(H,22,23)/b21-9+. The lowest BCUT2D eigenvalue weighted by Crippen LogP contribution is -2.25. The second-order valence-electron chi connectivity index (χ2n) is 4.94. The summed E-state index contributed by atoms with van der Waals surface area (Å²) < 4.78 is 7.15. The maximum atomic E-state index is 11.8. The summed E-state index contributed by atoms with van der Waals surface area (Å²) in [6.45, 7) is 2.41. The van der Waals surface area contributed by atoms with Gasteiger partial charge in [0.25, 0.3) is 5.91 Å². The van der Waals surface area contributed by atoms with Crippen molar-refractivity contribution in [3.05, 3.63) is 49.1 Å². The zero-order valence-corrected chi connectivity index (χ0v) is 17.7. The van der Waals surface area contributed by atoms with Gasteiger partial charge in [-0.25, -0.2) is 5.43 Å². The van der Waals surface area contributed by atoms with E-state index >= 15 is 0 Å². The van der Waals surface area contributed by atoms with Crippen molar-refractivity contribution < 1.29 is 14.6 Å². The first-order chi connectivity index (χ1) is 12.0. The summed E-state index contributed by atoms with van der Waals surface area (Å²) in [5.74, 6) is 0.237. The summed E-state index contributed by atoms with van der Waals surface area (Å²) in [7, 11) is 0. The van der Waals surface area contributed by atoms with Crippen LogP contribution < -0.4 is 15.5 Å². The molecule has 8 heteroatoms. The zero-order valence-electron chi connectivity index (χ0n) is 13.4. The minimum Gasteiger partial charge on any atom is -0.504 e. The van der Waals surface area contributed by atoms with Gasteiger partial charge >= 0.3 is 0 Å². The Kier molecular flexibility index (Phi) is 7.75. The van der Waals surface area contributed by atoms with Crippen LogP contribution in [0, 0.1) is 7.14 Å². The molecule has 2 rings (SSSR count). The molecule has 0 aromatic heterocycles. The van der Waals surface area contributed by atoms with Crippen LogP contribution in [0.3, 0.4) is 0 Å². The second kappa shape index (κ2) is 9.80. The maximum absolute atomic E-state index is 11.8. The summed E-state index contributed by atoms with van der Waals surface area (Å²) in [6.07, 6.45) is 1.51. The highest BCUT2D eigenvalue weighted by Gasteiger charge is 2.08. The predicted octanol–water partition coefficient (Wildman–Crippen LogP) is 3.56. The molecule has 3 N–H and O–H groups in total. The molecular weight excluding hydrogens is 548 g/mol. The molecule has 0 fully saturated rings. The van der Waals surface area contributed by atoms with Gasteiger partial charge in [0.2, 0.25) is 0 Å². The van der Waals surface area contributed by atoms with E-state index in [-0.39, 0.29) is 18.2 Å². The van der Waals surface area contributed by atoms with Crippen LogP contribution in [0.15, 0.2) is 41.5 Å². The molecule has 2 aromatic carbocycles. The van der Waals surface area contributed by atoms with E-state index < -0.39 is 0 Å². The molecule has 1 amide bonds. The lowest BCUT2D eigenvalue weighted by atomic mass is 10.2. The van der Waals surface area contributed by atoms with Gasteiger partial charge in [-0.05, 0) is 94.1 Å². The van der Waals surface area contributed by atoms with Gasteiger partial charge in [-0.3, -0.25) is 4.79 Å². The lowest BCUT2D eigenvalue weighted by molar-refractivity contribution is -0.119. The highest BCUT2D eigenvalue weighted by atomic mass is 127. The number of phenolic OH excluding ortho intramolecular Hbond substituents is 1. The van der Waals surface area contributed by atoms with E-state index in [4.69, 9.17) is 4.74 Å². The third-order valence-electron chi connectivity index (χ3n) is 3.05. The Balaban J connectivity index is 1.89. The molecule has 0 aliphatic heterocycles. The molecule has 6 nitrogen and oxygen atoms in total. The number of hydrogen-bond acceptors (Lipinski definition) is 5. The van der Waals surface area contributed by atoms with Crippen molar-refractivity contribution in [2.45, 2.75) is 6.92 Å². The molecule has 0 saturated heterocycles. The fourth-order valence-electron chi connectivity index (χ4n) is 1.90. The van der Waals surface area contributed by atoms with Gasteiger partial charge in [-0.15, -0.1) is 0 Å². The van der Waals surface area contributed by atoms with Gasteiger partial charge < -0.3 is 15.2 Å². The summed E-state index contributed by atoms with van der Waals surface area (Å²) in [4.78, 5) is 11.8. The fraction of sp³-hybridized carbons (Fsp3) is 0.176. The van der Waals surface area contributed by atoms with Gasteiger partial charge in [0.05, 0.1) is 22.9 Å². The van der Waals surface area contributed by atoms with Crippen LogP contribution in [0.5, 0.6) is 11.5 Å². The van der Waals surface area contributed by atoms with Crippen LogP contribution in [0.1, 0.15) is 12.5 Å². The topological polar surface area (TPSA) is 83.0 Å². The monoisotopic (exact) mass is 565 g/mol. The number of anilines is 1. The van der Waals surface area contributed by atoms with Crippen molar-refractivity contribution in [2.24, 2.45) is 5.10 Å². The Labute approximate surface area is 173 Å². The van der Waals surface area contributed by atoms with Crippen molar-refractivity contribution in [3.8, 4) is 11.5 Å². The van der Waals surface area contributed by atoms with Crippen molar-refractivity contribution in [2.75, 3.05) is 18.5 Å². The Hall–Kier alpha value is -1.56. The number of nitrogens with zero attached hydrogens (tertiary/aromatic N) is 1. The minimum absolute atomic E-state index is 0.102. The van der Waals surface area contributed by atoms with Gasteiger partial charge in [-0.1, -0.05) is 0 Å². The number of rotatable bonds is 7. The Morgan fingerprint density at radius 2 is 2.00 bits per heavy atom. The Bertz CT molecular complexity index is 764. The number of carbonyl (C=O) groups is 1. The van der Waals surface area contributed by atoms with E-state index in [0.717, 1.165) is 14.8 Å². The minimum atomic E-state index is -0.256. The van der Waals surface area contributed by atoms with Gasteiger partial charge in [-0.2, -0.15) is 5.10 Å². The third-order valence-corrected chi connectivity index (χ3v) is 4.59. The first-order valence-electron chi connectivity index (χ1n) is 7.46. The number of amides is 1. The molecule has 2 aromatic rings. The molecule has 0 radical (unpaired) electrons. The highest BCUT2D eigenvalue weighted by molar-refractivity contribution is 14.1. The summed E-state index contributed by atoms with van der Waals surface area (Å²) >= 11 is 4.24. The van der Waals surface area contributed by atoms with Crippen LogP contribution in [0.25, 0.3) is 0 Å². The molecule has 0 atom stereocenters. The molecule has 0 heterocycles. The Morgan fingerprint density at radius 1 is 1.28 bits per heavy atom. The molecule has 0 bridgehead atoms. The van der Waals surface area contributed by atoms with Crippen LogP contribution in [0.2, 0.25) is 0 Å². The molecule has 0 aliphatic carbocycles. The van der Waals surface area contributed by atoms with Crippen molar-refractivity contribution >= 4 is 63.0 Å². The summed E-state index contributed by atoms with van der Waals surface area (Å²) in [5.41, 5.74) is 4.05. The number of ether oxygens (including phenoxy) is 1. The van der Waals surface area contributed by atoms with E-state index in [0.29, 0.717) is 15.9 Å². The van der Waals surface area contributed by atoms with E-state index in [2.05, 4.69) is 38.4 Å². The van der Waals surface area contributed by atoms with Crippen molar-refractivity contribution in [1.82, 2.24) is 5.43 Å². The first kappa shape index (κ1) is 19.8. The molecule has 25 heavy (non-hydrogen) atoms. The van der Waals surface area contributed by atoms with Gasteiger partial charge in [0.15, 0.2) is 11.5 Å². The number of carbonyl (C=O) groups excluding carboxylic acids is 1. The third kappa shape index (κ3) is 6.34. The van der Waals surface area contributed by atoms with Gasteiger partial charge in [0.1, 0.15) is 0 Å². The molecular formula is C17H17I2N3O3. The maximum Gasteiger partial charge on any atom is 0.259 e. The molecule has 0 saturated carbocycles. The predicted molar refractivity (Wildman–Crippen MR) is 115 cm³/mol. The van der Waals surface area contributed by atoms with Crippen LogP contribution in [-0.2, 0) is 4.79 Å². The average molecular weight is 565 g/mol. The number of aromatic hydroxyl groups is 1. The van der Waals surface area contributed by atoms with Crippen molar-refractivity contribution in [1.29, 1.82) is 0 Å². The fourth-order valence-corrected chi connectivity index (χ4v) is 2.89. The van der Waals surface area contributed by atoms with E-state index in [1.54, 1.807) is 12.1 Å². The number of halogens is 2. The van der Waals surface area contributed by atoms with E-state index in [9.17, 15) is 9.90 Å². The Morgan fingerprint density at radius 3 is 2.68 bits per heavy atom. The lowest BCUT2D eigenvalue weighted by Gasteiger charge is -2.08. The number of hydrazone groups is 1. The normalized spacial score (nSPS) is 10.7. The number of nitrogens with one attached hydrogen (secondary N) is 2. The number of benzene rings is 2. The van der Waals surface area contributed by atoms with Crippen LogP contribution in [-0.4, -0.2) is 30.4 Å². The largest absolute Gasteiger partial charge is 0.504 e. The van der Waals surface area contributed by atoms with E-state index in [1.807, 2.05) is 53.8 Å². The molecule has 0 unspecified atom stereocenters. The molecule has 132 valence electrons. The van der Waals surface area contributed by atoms with Crippen LogP contribution >= 0.6 is 45.2 Å². The quantitative estimate of drug-likeness (QED) is 0.273. The zero-order chi connectivity index (χ0) is 18.2. The average Bonchev–Trinajstić information content (AvgIpc) is 2.59. The smallest absolute Gasteiger partial charge is 0.259 e. The molecule has 0 spiro atoms. The summed E-state index contributed by atoms with van der Waals surface area (Å²) in [6, 6.07) is 11.2. The second-order valence-corrected chi connectivity index (χ2v) is 7.34.